The maximum absolute atomic E-state index is 12.4. The number of carbonyl (C=O) groups is 1. The van der Waals surface area contributed by atoms with Gasteiger partial charge in [-0.15, -0.1) is 0 Å². The third-order valence-corrected chi connectivity index (χ3v) is 3.38. The zero-order valence-electron chi connectivity index (χ0n) is 12.5. The Morgan fingerprint density at radius 1 is 1.62 bits per heavy atom. The summed E-state index contributed by atoms with van der Waals surface area (Å²) in [6, 6.07) is 3.63. The molecule has 112 valence electrons. The highest BCUT2D eigenvalue weighted by Gasteiger charge is 2.30. The highest BCUT2D eigenvalue weighted by molar-refractivity contribution is 5.94. The van der Waals surface area contributed by atoms with Crippen molar-refractivity contribution in [3.05, 3.63) is 29.6 Å². The summed E-state index contributed by atoms with van der Waals surface area (Å²) in [5.41, 5.74) is 6.12. The Kier molecular flexibility index (Phi) is 4.94. The number of carbonyl (C=O) groups excluding carboxylic acids is 1. The Morgan fingerprint density at radius 3 is 3.14 bits per heavy atom. The molecule has 0 aliphatic carbocycles. The van der Waals surface area contributed by atoms with Crippen molar-refractivity contribution in [2.24, 2.45) is 5.73 Å². The quantitative estimate of drug-likeness (QED) is 0.798. The van der Waals surface area contributed by atoms with Crippen LogP contribution in [0.25, 0.3) is 0 Å². The topological polar surface area (TPSA) is 77.2 Å². The van der Waals surface area contributed by atoms with Crippen LogP contribution in [-0.4, -0.2) is 35.7 Å². The van der Waals surface area contributed by atoms with Gasteiger partial charge in [-0.2, -0.15) is 0 Å². The number of hydrogen-bond donors (Lipinski definition) is 2. The van der Waals surface area contributed by atoms with Gasteiger partial charge >= 0.3 is 0 Å². The number of rotatable bonds is 2. The van der Waals surface area contributed by atoms with E-state index in [1.807, 2.05) is 13.8 Å². The molecule has 1 atom stereocenters. The molecule has 2 heterocycles. The summed E-state index contributed by atoms with van der Waals surface area (Å²) in [7, 11) is 0. The Labute approximate surface area is 125 Å². The molecule has 1 aliphatic heterocycles. The molecule has 1 saturated heterocycles. The smallest absolute Gasteiger partial charge is 0.271 e. The first-order valence-electron chi connectivity index (χ1n) is 7.10. The Hall–Kier alpha value is -1.90. The van der Waals surface area contributed by atoms with Crippen molar-refractivity contribution in [3.8, 4) is 11.8 Å². The van der Waals surface area contributed by atoms with Crippen molar-refractivity contribution in [1.29, 1.82) is 0 Å². The molecule has 0 bridgehead atoms. The minimum atomic E-state index is -0.206. The monoisotopic (exact) mass is 287 g/mol. The number of ether oxygens (including phenoxy) is 1. The second-order valence-electron chi connectivity index (χ2n) is 5.68. The minimum absolute atomic E-state index is 0.0959. The summed E-state index contributed by atoms with van der Waals surface area (Å²) in [4.78, 5) is 16.5. The van der Waals surface area contributed by atoms with Gasteiger partial charge < -0.3 is 15.8 Å². The van der Waals surface area contributed by atoms with Gasteiger partial charge in [-0.1, -0.05) is 11.8 Å². The van der Waals surface area contributed by atoms with Gasteiger partial charge in [-0.3, -0.25) is 4.79 Å². The number of nitrogens with two attached hydrogens (primary N) is 1. The van der Waals surface area contributed by atoms with Crippen LogP contribution in [0.4, 0.5) is 0 Å². The van der Waals surface area contributed by atoms with Gasteiger partial charge in [0.25, 0.3) is 5.91 Å². The van der Waals surface area contributed by atoms with Crippen LogP contribution in [0.2, 0.25) is 0 Å². The van der Waals surface area contributed by atoms with E-state index in [0.29, 0.717) is 17.9 Å². The van der Waals surface area contributed by atoms with Crippen LogP contribution >= 0.6 is 0 Å². The average molecular weight is 287 g/mol. The van der Waals surface area contributed by atoms with E-state index in [1.54, 1.807) is 18.3 Å². The van der Waals surface area contributed by atoms with Crippen LogP contribution in [-0.2, 0) is 4.74 Å². The lowest BCUT2D eigenvalue weighted by Crippen LogP contribution is -2.46. The summed E-state index contributed by atoms with van der Waals surface area (Å²) in [6.45, 7) is 4.97. The number of aromatic nitrogens is 1. The lowest BCUT2D eigenvalue weighted by molar-refractivity contribution is -0.0615. The van der Waals surface area contributed by atoms with E-state index >= 15 is 0 Å². The molecule has 0 saturated carbocycles. The first-order valence-corrected chi connectivity index (χ1v) is 7.10. The molecule has 3 N–H and O–H groups in total. The van der Waals surface area contributed by atoms with Gasteiger partial charge in [0.2, 0.25) is 0 Å². The number of nitrogens with one attached hydrogen (secondary N) is 1. The number of hydrogen-bond acceptors (Lipinski definition) is 4. The SMILES string of the molecule is CC1(C)CC(NC(=O)c2ncccc2C#CCN)CCO1. The lowest BCUT2D eigenvalue weighted by Gasteiger charge is -2.35. The van der Waals surface area contributed by atoms with Crippen LogP contribution in [0.5, 0.6) is 0 Å². The predicted octanol–water partition coefficient (Wildman–Crippen LogP) is 1.08. The molecule has 1 fully saturated rings. The van der Waals surface area contributed by atoms with Gasteiger partial charge in [0.05, 0.1) is 17.7 Å². The van der Waals surface area contributed by atoms with Crippen molar-refractivity contribution < 1.29 is 9.53 Å². The Balaban J connectivity index is 2.10. The highest BCUT2D eigenvalue weighted by atomic mass is 16.5. The molecule has 1 aromatic heterocycles. The van der Waals surface area contributed by atoms with Crippen molar-refractivity contribution >= 4 is 5.91 Å². The maximum Gasteiger partial charge on any atom is 0.271 e. The molecule has 5 heteroatoms. The fourth-order valence-electron chi connectivity index (χ4n) is 2.44. The van der Waals surface area contributed by atoms with Crippen molar-refractivity contribution in [2.45, 2.75) is 38.3 Å². The third-order valence-electron chi connectivity index (χ3n) is 3.38. The molecule has 1 aromatic rings. The summed E-state index contributed by atoms with van der Waals surface area (Å²) in [6.07, 6.45) is 3.19. The summed E-state index contributed by atoms with van der Waals surface area (Å²) in [5, 5.41) is 3.03. The van der Waals surface area contributed by atoms with Crippen LogP contribution in [0.15, 0.2) is 18.3 Å². The van der Waals surface area contributed by atoms with Crippen LogP contribution in [0, 0.1) is 11.8 Å². The largest absolute Gasteiger partial charge is 0.375 e. The Morgan fingerprint density at radius 2 is 2.43 bits per heavy atom. The highest BCUT2D eigenvalue weighted by Crippen LogP contribution is 2.24. The molecular weight excluding hydrogens is 266 g/mol. The van der Waals surface area contributed by atoms with Crippen molar-refractivity contribution in [3.63, 3.8) is 0 Å². The van der Waals surface area contributed by atoms with Crippen LogP contribution in [0.3, 0.4) is 0 Å². The zero-order chi connectivity index (χ0) is 15.3. The maximum atomic E-state index is 12.4. The van der Waals surface area contributed by atoms with Crippen molar-refractivity contribution in [1.82, 2.24) is 10.3 Å². The van der Waals surface area contributed by atoms with Gasteiger partial charge in [-0.25, -0.2) is 4.98 Å². The molecular formula is C16H21N3O2. The van der Waals surface area contributed by atoms with Gasteiger partial charge in [0, 0.05) is 18.8 Å². The second-order valence-corrected chi connectivity index (χ2v) is 5.68. The molecule has 21 heavy (non-hydrogen) atoms. The third kappa shape index (κ3) is 4.28. The fourth-order valence-corrected chi connectivity index (χ4v) is 2.44. The predicted molar refractivity (Wildman–Crippen MR) is 80.7 cm³/mol. The van der Waals surface area contributed by atoms with E-state index in [0.717, 1.165) is 12.8 Å². The Bertz CT molecular complexity index is 572. The molecule has 0 radical (unpaired) electrons. The first kappa shape index (κ1) is 15.5. The van der Waals surface area contributed by atoms with Gasteiger partial charge in [0.1, 0.15) is 5.69 Å². The second kappa shape index (κ2) is 6.70. The number of nitrogens with zero attached hydrogens (tertiary/aromatic N) is 1. The summed E-state index contributed by atoms with van der Waals surface area (Å²) in [5.74, 6) is 5.44. The zero-order valence-corrected chi connectivity index (χ0v) is 12.5. The molecule has 5 nitrogen and oxygen atoms in total. The van der Waals surface area contributed by atoms with E-state index in [4.69, 9.17) is 10.5 Å². The summed E-state index contributed by atoms with van der Waals surface area (Å²) >= 11 is 0. The van der Waals surface area contributed by atoms with Crippen LogP contribution in [0.1, 0.15) is 42.7 Å². The van der Waals surface area contributed by atoms with E-state index < -0.39 is 0 Å². The summed E-state index contributed by atoms with van der Waals surface area (Å²) < 4.78 is 5.66. The van der Waals surface area contributed by atoms with E-state index in [-0.39, 0.29) is 24.1 Å². The van der Waals surface area contributed by atoms with Gasteiger partial charge in [0.15, 0.2) is 0 Å². The van der Waals surface area contributed by atoms with Crippen molar-refractivity contribution in [2.75, 3.05) is 13.2 Å². The first-order chi connectivity index (χ1) is 10.0. The molecule has 1 unspecified atom stereocenters. The minimum Gasteiger partial charge on any atom is -0.375 e. The number of pyridine rings is 1. The lowest BCUT2D eigenvalue weighted by atomic mass is 9.94. The average Bonchev–Trinajstić information content (AvgIpc) is 2.44. The fraction of sp³-hybridized carbons (Fsp3) is 0.500. The van der Waals surface area contributed by atoms with E-state index in [1.165, 1.54) is 0 Å². The number of amides is 1. The van der Waals surface area contributed by atoms with E-state index in [9.17, 15) is 4.79 Å². The molecule has 1 aliphatic rings. The molecule has 0 aromatic carbocycles. The van der Waals surface area contributed by atoms with Crippen LogP contribution < -0.4 is 11.1 Å². The normalized spacial score (nSPS) is 20.2. The standard InChI is InChI=1S/C16H21N3O2/c1-16(2)11-13(7-10-21-16)19-15(20)14-12(5-3-8-17)6-4-9-18-14/h4,6,9,13H,7-8,10-11,17H2,1-2H3,(H,19,20). The molecule has 1 amide bonds. The van der Waals surface area contributed by atoms with E-state index in [2.05, 4.69) is 22.1 Å². The molecule has 2 rings (SSSR count). The van der Waals surface area contributed by atoms with Gasteiger partial charge in [-0.05, 0) is 38.8 Å². The molecule has 0 spiro atoms.